The lowest BCUT2D eigenvalue weighted by molar-refractivity contribution is -0.131. The van der Waals surface area contributed by atoms with Crippen molar-refractivity contribution in [2.45, 2.75) is 12.3 Å². The summed E-state index contributed by atoms with van der Waals surface area (Å²) in [7, 11) is 4.70. The van der Waals surface area contributed by atoms with Crippen molar-refractivity contribution in [2.24, 2.45) is 0 Å². The van der Waals surface area contributed by atoms with E-state index in [4.69, 9.17) is 4.74 Å². The zero-order valence-corrected chi connectivity index (χ0v) is 14.3. The van der Waals surface area contributed by atoms with E-state index in [1.54, 1.807) is 26.2 Å². The molecule has 2 aromatic carbocycles. The van der Waals surface area contributed by atoms with Crippen LogP contribution in [0, 0.1) is 5.82 Å². The minimum atomic E-state index is -0.573. The summed E-state index contributed by atoms with van der Waals surface area (Å²) >= 11 is 0. The first-order valence-electron chi connectivity index (χ1n) is 7.90. The summed E-state index contributed by atoms with van der Waals surface area (Å²) in [5.74, 6) is -1.37. The summed E-state index contributed by atoms with van der Waals surface area (Å²) in [6.07, 6.45) is 0.0813. The molecule has 6 heteroatoms. The molecule has 130 valence electrons. The van der Waals surface area contributed by atoms with Crippen molar-refractivity contribution in [2.75, 3.05) is 26.1 Å². The number of amides is 2. The van der Waals surface area contributed by atoms with Crippen LogP contribution in [0.5, 0.6) is 5.75 Å². The molecule has 1 atom stereocenters. The minimum Gasteiger partial charge on any atom is -0.494 e. The number of hydrogen-bond donors (Lipinski definition) is 0. The predicted octanol–water partition coefficient (Wildman–Crippen LogP) is 3.07. The molecule has 1 aliphatic heterocycles. The quantitative estimate of drug-likeness (QED) is 0.858. The van der Waals surface area contributed by atoms with Crippen LogP contribution in [0.15, 0.2) is 42.5 Å². The van der Waals surface area contributed by atoms with Gasteiger partial charge in [0.2, 0.25) is 11.8 Å². The van der Waals surface area contributed by atoms with Gasteiger partial charge < -0.3 is 9.64 Å². The topological polar surface area (TPSA) is 49.9 Å². The third kappa shape index (κ3) is 2.95. The highest BCUT2D eigenvalue weighted by molar-refractivity contribution is 6.11. The number of carbonyl (C=O) groups is 2. The summed E-state index contributed by atoms with van der Waals surface area (Å²) in [4.78, 5) is 28.0. The Morgan fingerprint density at radius 1 is 1.24 bits per heavy atom. The van der Waals surface area contributed by atoms with Gasteiger partial charge in [0.15, 0.2) is 11.6 Å². The molecule has 5 nitrogen and oxygen atoms in total. The summed E-state index contributed by atoms with van der Waals surface area (Å²) in [5.41, 5.74) is 1.86. The first-order chi connectivity index (χ1) is 11.9. The average molecular weight is 342 g/mol. The molecule has 1 unspecified atom stereocenters. The van der Waals surface area contributed by atoms with Crippen LogP contribution in [0.4, 0.5) is 15.8 Å². The van der Waals surface area contributed by atoms with Crippen molar-refractivity contribution < 1.29 is 18.7 Å². The number of halogens is 1. The highest BCUT2D eigenvalue weighted by Crippen LogP contribution is 2.43. The highest BCUT2D eigenvalue weighted by atomic mass is 19.1. The molecule has 2 aromatic rings. The van der Waals surface area contributed by atoms with Gasteiger partial charge in [-0.15, -0.1) is 0 Å². The van der Waals surface area contributed by atoms with Crippen LogP contribution in [0.2, 0.25) is 0 Å². The second kappa shape index (κ2) is 6.55. The third-order valence-corrected chi connectivity index (χ3v) is 4.34. The fourth-order valence-corrected chi connectivity index (χ4v) is 3.01. The monoisotopic (exact) mass is 342 g/mol. The number of fused-ring (bicyclic) bond motifs is 1. The zero-order chi connectivity index (χ0) is 18.1. The number of methoxy groups -OCH3 is 1. The van der Waals surface area contributed by atoms with Gasteiger partial charge in [0.1, 0.15) is 0 Å². The number of rotatable bonds is 4. The third-order valence-electron chi connectivity index (χ3n) is 4.34. The second-order valence-electron chi connectivity index (χ2n) is 6.10. The van der Waals surface area contributed by atoms with E-state index in [0.717, 1.165) is 5.56 Å². The van der Waals surface area contributed by atoms with Crippen LogP contribution >= 0.6 is 0 Å². The Labute approximate surface area is 145 Å². The largest absolute Gasteiger partial charge is 0.494 e. The lowest BCUT2D eigenvalue weighted by Gasteiger charge is -2.19. The smallest absolute Gasteiger partial charge is 0.239 e. The zero-order valence-electron chi connectivity index (χ0n) is 14.3. The molecule has 1 aliphatic rings. The van der Waals surface area contributed by atoms with Crippen molar-refractivity contribution in [3.05, 3.63) is 53.8 Å². The molecule has 0 bridgehead atoms. The van der Waals surface area contributed by atoms with Crippen LogP contribution in [0.25, 0.3) is 0 Å². The summed E-state index contributed by atoms with van der Waals surface area (Å²) < 4.78 is 19.0. The molecule has 0 fully saturated rings. The molecular formula is C19H19FN2O3. The van der Waals surface area contributed by atoms with Crippen molar-refractivity contribution in [1.29, 1.82) is 0 Å². The molecule has 0 spiro atoms. The van der Waals surface area contributed by atoms with Gasteiger partial charge in [0.25, 0.3) is 0 Å². The van der Waals surface area contributed by atoms with E-state index >= 15 is 0 Å². The van der Waals surface area contributed by atoms with Crippen LogP contribution in [-0.4, -0.2) is 37.9 Å². The number of benzene rings is 2. The van der Waals surface area contributed by atoms with E-state index in [9.17, 15) is 14.0 Å². The van der Waals surface area contributed by atoms with E-state index in [2.05, 4.69) is 0 Å². The van der Waals surface area contributed by atoms with Crippen LogP contribution in [0.1, 0.15) is 17.9 Å². The Hall–Kier alpha value is -2.89. The molecule has 2 amide bonds. The molecular weight excluding hydrogens is 323 g/mol. The summed E-state index contributed by atoms with van der Waals surface area (Å²) in [6, 6.07) is 11.7. The molecule has 0 N–H and O–H groups in total. The molecule has 0 saturated carbocycles. The number of ether oxygens (including phenoxy) is 1. The van der Waals surface area contributed by atoms with Crippen molar-refractivity contribution in [3.63, 3.8) is 0 Å². The SMILES string of the molecule is COc1ccc(N2C(=O)C(CC(=O)N(C)C)c3ccccc32)cc1F. The van der Waals surface area contributed by atoms with Gasteiger partial charge in [-0.25, -0.2) is 4.39 Å². The molecule has 0 radical (unpaired) electrons. The van der Waals surface area contributed by atoms with Gasteiger partial charge in [-0.1, -0.05) is 18.2 Å². The van der Waals surface area contributed by atoms with Crippen LogP contribution < -0.4 is 9.64 Å². The van der Waals surface area contributed by atoms with E-state index in [0.29, 0.717) is 11.4 Å². The van der Waals surface area contributed by atoms with E-state index in [1.807, 2.05) is 18.2 Å². The molecule has 0 aliphatic carbocycles. The van der Waals surface area contributed by atoms with E-state index in [1.165, 1.54) is 29.0 Å². The Balaban J connectivity index is 2.02. The first kappa shape index (κ1) is 17.0. The number of para-hydroxylation sites is 1. The maximum Gasteiger partial charge on any atom is 0.239 e. The van der Waals surface area contributed by atoms with E-state index < -0.39 is 11.7 Å². The summed E-state index contributed by atoms with van der Waals surface area (Å²) in [5, 5.41) is 0. The molecule has 3 rings (SSSR count). The standard InChI is InChI=1S/C19H19FN2O3/c1-21(2)18(23)11-14-13-6-4-5-7-16(13)22(19(14)24)12-8-9-17(25-3)15(20)10-12/h4-10,14H,11H2,1-3H3. The summed E-state index contributed by atoms with van der Waals surface area (Å²) in [6.45, 7) is 0. The maximum absolute atomic E-state index is 14.1. The van der Waals surface area contributed by atoms with Crippen molar-refractivity contribution >= 4 is 23.2 Å². The molecule has 25 heavy (non-hydrogen) atoms. The van der Waals surface area contributed by atoms with Crippen molar-refractivity contribution in [1.82, 2.24) is 4.90 Å². The van der Waals surface area contributed by atoms with Crippen molar-refractivity contribution in [3.8, 4) is 5.75 Å². The average Bonchev–Trinajstić information content (AvgIpc) is 2.87. The Morgan fingerprint density at radius 3 is 2.60 bits per heavy atom. The van der Waals surface area contributed by atoms with Gasteiger partial charge in [-0.2, -0.15) is 0 Å². The Morgan fingerprint density at radius 2 is 1.96 bits per heavy atom. The predicted molar refractivity (Wildman–Crippen MR) is 92.6 cm³/mol. The van der Waals surface area contributed by atoms with Gasteiger partial charge in [-0.05, 0) is 23.8 Å². The molecule has 0 aromatic heterocycles. The number of hydrogen-bond acceptors (Lipinski definition) is 3. The Bertz CT molecular complexity index is 835. The Kier molecular flexibility index (Phi) is 4.44. The van der Waals surface area contributed by atoms with Gasteiger partial charge in [0.05, 0.1) is 24.4 Å². The molecule has 1 heterocycles. The normalized spacial score (nSPS) is 15.9. The highest BCUT2D eigenvalue weighted by Gasteiger charge is 2.39. The maximum atomic E-state index is 14.1. The van der Waals surface area contributed by atoms with Gasteiger partial charge in [0, 0.05) is 26.6 Å². The lowest BCUT2D eigenvalue weighted by Crippen LogP contribution is -2.29. The fraction of sp³-hybridized carbons (Fsp3) is 0.263. The number of anilines is 2. The first-order valence-corrected chi connectivity index (χ1v) is 7.90. The second-order valence-corrected chi connectivity index (χ2v) is 6.10. The fourth-order valence-electron chi connectivity index (χ4n) is 3.01. The van der Waals surface area contributed by atoms with Crippen LogP contribution in [0.3, 0.4) is 0 Å². The molecule has 0 saturated heterocycles. The number of carbonyl (C=O) groups excluding carboxylic acids is 2. The lowest BCUT2D eigenvalue weighted by atomic mass is 9.97. The van der Waals surface area contributed by atoms with Crippen LogP contribution in [-0.2, 0) is 9.59 Å². The number of nitrogens with zero attached hydrogens (tertiary/aromatic N) is 2. The van der Waals surface area contributed by atoms with Gasteiger partial charge in [-0.3, -0.25) is 14.5 Å². The van der Waals surface area contributed by atoms with E-state index in [-0.39, 0.29) is 24.0 Å². The minimum absolute atomic E-state index is 0.0813. The van der Waals surface area contributed by atoms with Gasteiger partial charge >= 0.3 is 0 Å².